The molecular formula is C21H24O4. The summed E-state index contributed by atoms with van der Waals surface area (Å²) in [6.07, 6.45) is 11.0. The summed E-state index contributed by atoms with van der Waals surface area (Å²) in [5.41, 5.74) is 0.389. The van der Waals surface area contributed by atoms with E-state index in [1.54, 1.807) is 0 Å². The van der Waals surface area contributed by atoms with Gasteiger partial charge in [-0.2, -0.15) is 0 Å². The number of Topliss-reactive ketones (excluding diaryl/α,β-unsaturated/α-hetero) is 1. The quantitative estimate of drug-likeness (QED) is 0.783. The van der Waals surface area contributed by atoms with E-state index in [-0.39, 0.29) is 24.4 Å². The number of ketones is 1. The van der Waals surface area contributed by atoms with E-state index in [1.807, 2.05) is 40.7 Å². The summed E-state index contributed by atoms with van der Waals surface area (Å²) in [5, 5.41) is 0. The Morgan fingerprint density at radius 1 is 1.16 bits per heavy atom. The summed E-state index contributed by atoms with van der Waals surface area (Å²) < 4.78 is 17.6. The zero-order valence-corrected chi connectivity index (χ0v) is 15.5. The lowest BCUT2D eigenvalue weighted by Gasteiger charge is -2.35. The van der Waals surface area contributed by atoms with Crippen LogP contribution in [0.25, 0.3) is 0 Å². The fraction of sp³-hybridized carbons (Fsp3) is 0.476. The van der Waals surface area contributed by atoms with Crippen molar-refractivity contribution in [2.24, 2.45) is 0 Å². The number of benzene rings is 1. The van der Waals surface area contributed by atoms with Crippen molar-refractivity contribution in [3.63, 3.8) is 0 Å². The average Bonchev–Trinajstić information content (AvgIpc) is 2.48. The SMILES string of the molecule is C#CCOc1c(C(C)(C)C)cc2c(c1OCC#C)OC(C)(C)CC2=O. The van der Waals surface area contributed by atoms with Crippen LogP contribution >= 0.6 is 0 Å². The van der Waals surface area contributed by atoms with Crippen molar-refractivity contribution < 1.29 is 19.0 Å². The second kappa shape index (κ2) is 6.73. The minimum Gasteiger partial charge on any atom is -0.483 e. The number of hydrogen-bond donors (Lipinski definition) is 0. The van der Waals surface area contributed by atoms with Gasteiger partial charge in [0.25, 0.3) is 0 Å². The van der Waals surface area contributed by atoms with E-state index in [1.165, 1.54) is 0 Å². The van der Waals surface area contributed by atoms with Crippen LogP contribution in [0.1, 0.15) is 57.0 Å². The highest BCUT2D eigenvalue weighted by molar-refractivity contribution is 6.02. The Hall–Kier alpha value is -2.59. The van der Waals surface area contributed by atoms with E-state index in [0.717, 1.165) is 5.56 Å². The third kappa shape index (κ3) is 3.91. The highest BCUT2D eigenvalue weighted by Gasteiger charge is 2.38. The number of carbonyl (C=O) groups is 1. The summed E-state index contributed by atoms with van der Waals surface area (Å²) in [7, 11) is 0. The third-order valence-electron chi connectivity index (χ3n) is 3.86. The first kappa shape index (κ1) is 18.7. The molecule has 4 heteroatoms. The van der Waals surface area contributed by atoms with Crippen molar-refractivity contribution in [2.75, 3.05) is 13.2 Å². The number of terminal acetylenes is 2. The van der Waals surface area contributed by atoms with Crippen molar-refractivity contribution in [3.05, 3.63) is 17.2 Å². The molecule has 2 rings (SSSR count). The smallest absolute Gasteiger partial charge is 0.205 e. The van der Waals surface area contributed by atoms with Gasteiger partial charge in [0.05, 0.1) is 12.0 Å². The zero-order valence-electron chi connectivity index (χ0n) is 15.5. The highest BCUT2D eigenvalue weighted by Crippen LogP contribution is 2.50. The molecule has 0 aromatic heterocycles. The van der Waals surface area contributed by atoms with Gasteiger partial charge in [-0.25, -0.2) is 0 Å². The van der Waals surface area contributed by atoms with Crippen molar-refractivity contribution in [3.8, 4) is 41.9 Å². The number of ether oxygens (including phenoxy) is 3. The maximum absolute atomic E-state index is 12.7. The number of rotatable bonds is 4. The minimum atomic E-state index is -0.634. The number of hydrogen-bond acceptors (Lipinski definition) is 4. The van der Waals surface area contributed by atoms with E-state index in [4.69, 9.17) is 27.1 Å². The first-order valence-corrected chi connectivity index (χ1v) is 8.17. The molecule has 1 aliphatic heterocycles. The van der Waals surface area contributed by atoms with Crippen LogP contribution in [-0.2, 0) is 5.41 Å². The molecule has 132 valence electrons. The first-order valence-electron chi connectivity index (χ1n) is 8.17. The lowest BCUT2D eigenvalue weighted by atomic mass is 9.82. The standard InChI is InChI=1S/C21H24O4/c1-8-10-23-18-15(20(3,4)5)12-14-16(22)13-21(6,7)25-17(14)19(18)24-11-9-2/h1-2,12H,10-11,13H2,3-7H3. The van der Waals surface area contributed by atoms with Crippen LogP contribution in [-0.4, -0.2) is 24.6 Å². The lowest BCUT2D eigenvalue weighted by Crippen LogP contribution is -2.36. The molecule has 1 heterocycles. The molecular weight excluding hydrogens is 316 g/mol. The van der Waals surface area contributed by atoms with Gasteiger partial charge in [-0.3, -0.25) is 4.79 Å². The van der Waals surface area contributed by atoms with Gasteiger partial charge < -0.3 is 14.2 Å². The van der Waals surface area contributed by atoms with E-state index in [2.05, 4.69) is 11.8 Å². The van der Waals surface area contributed by atoms with Crippen LogP contribution in [0.2, 0.25) is 0 Å². The molecule has 0 radical (unpaired) electrons. The number of carbonyl (C=O) groups excluding carboxylic acids is 1. The summed E-state index contributed by atoms with van der Waals surface area (Å²) >= 11 is 0. The first-order chi connectivity index (χ1) is 11.6. The third-order valence-corrected chi connectivity index (χ3v) is 3.86. The normalized spacial score (nSPS) is 15.4. The van der Waals surface area contributed by atoms with Gasteiger partial charge in [0.1, 0.15) is 18.8 Å². The molecule has 0 spiro atoms. The fourth-order valence-corrected chi connectivity index (χ4v) is 2.79. The van der Waals surface area contributed by atoms with Crippen molar-refractivity contribution in [1.82, 2.24) is 0 Å². The Labute approximate surface area is 149 Å². The van der Waals surface area contributed by atoms with Crippen LogP contribution in [0.3, 0.4) is 0 Å². The predicted molar refractivity (Wildman–Crippen MR) is 97.5 cm³/mol. The second-order valence-electron chi connectivity index (χ2n) is 7.66. The molecule has 0 bridgehead atoms. The summed E-state index contributed by atoms with van der Waals surface area (Å²) in [6, 6.07) is 1.82. The largest absolute Gasteiger partial charge is 0.483 e. The molecule has 0 amide bonds. The molecule has 0 N–H and O–H groups in total. The molecule has 25 heavy (non-hydrogen) atoms. The second-order valence-corrected chi connectivity index (χ2v) is 7.66. The molecule has 0 saturated heterocycles. The molecule has 0 unspecified atom stereocenters. The predicted octanol–water partition coefficient (Wildman–Crippen LogP) is 3.75. The lowest BCUT2D eigenvalue weighted by molar-refractivity contribution is 0.0594. The van der Waals surface area contributed by atoms with Gasteiger partial charge >= 0.3 is 0 Å². The van der Waals surface area contributed by atoms with Crippen LogP contribution in [0.15, 0.2) is 6.07 Å². The van der Waals surface area contributed by atoms with E-state index >= 15 is 0 Å². The highest BCUT2D eigenvalue weighted by atomic mass is 16.6. The molecule has 0 saturated carbocycles. The van der Waals surface area contributed by atoms with Gasteiger partial charge in [0, 0.05) is 5.56 Å². The molecule has 0 aliphatic carbocycles. The Bertz CT molecular complexity index is 767. The van der Waals surface area contributed by atoms with Crippen molar-refractivity contribution in [1.29, 1.82) is 0 Å². The van der Waals surface area contributed by atoms with Crippen LogP contribution in [0, 0.1) is 24.7 Å². The molecule has 1 aromatic carbocycles. The molecule has 0 atom stereocenters. The summed E-state index contributed by atoms with van der Waals surface area (Å²) in [6.45, 7) is 9.91. The van der Waals surface area contributed by atoms with E-state index in [0.29, 0.717) is 29.2 Å². The van der Waals surface area contributed by atoms with Crippen LogP contribution < -0.4 is 14.2 Å². The topological polar surface area (TPSA) is 44.8 Å². The van der Waals surface area contributed by atoms with Crippen molar-refractivity contribution in [2.45, 2.75) is 52.1 Å². The Morgan fingerprint density at radius 2 is 1.72 bits per heavy atom. The van der Waals surface area contributed by atoms with E-state index in [9.17, 15) is 4.79 Å². The van der Waals surface area contributed by atoms with Crippen LogP contribution in [0.4, 0.5) is 0 Å². The monoisotopic (exact) mass is 340 g/mol. The molecule has 4 nitrogen and oxygen atoms in total. The molecule has 1 aliphatic rings. The van der Waals surface area contributed by atoms with Gasteiger partial charge in [0.2, 0.25) is 5.75 Å². The maximum Gasteiger partial charge on any atom is 0.205 e. The average molecular weight is 340 g/mol. The minimum absolute atomic E-state index is 0.00538. The Balaban J connectivity index is 2.77. The number of fused-ring (bicyclic) bond motifs is 1. The van der Waals surface area contributed by atoms with Gasteiger partial charge in [-0.05, 0) is 25.3 Å². The van der Waals surface area contributed by atoms with Gasteiger partial charge in [0.15, 0.2) is 17.3 Å². The molecule has 0 fully saturated rings. The Kier molecular flexibility index (Phi) is 5.04. The van der Waals surface area contributed by atoms with Gasteiger partial charge in [-0.15, -0.1) is 12.8 Å². The van der Waals surface area contributed by atoms with Crippen LogP contribution in [0.5, 0.6) is 17.2 Å². The van der Waals surface area contributed by atoms with Gasteiger partial charge in [-0.1, -0.05) is 32.6 Å². The molecule has 1 aromatic rings. The maximum atomic E-state index is 12.7. The van der Waals surface area contributed by atoms with Crippen molar-refractivity contribution >= 4 is 5.78 Å². The van der Waals surface area contributed by atoms with E-state index < -0.39 is 5.60 Å². The summed E-state index contributed by atoms with van der Waals surface area (Å²) in [4.78, 5) is 12.7. The Morgan fingerprint density at radius 3 is 2.24 bits per heavy atom. The zero-order chi connectivity index (χ0) is 18.8. The summed E-state index contributed by atoms with van der Waals surface area (Å²) in [5.74, 6) is 6.09. The fourth-order valence-electron chi connectivity index (χ4n) is 2.79.